The molecule has 0 spiro atoms. The highest BCUT2D eigenvalue weighted by Crippen LogP contribution is 2.25. The van der Waals surface area contributed by atoms with Gasteiger partial charge < -0.3 is 10.1 Å². The summed E-state index contributed by atoms with van der Waals surface area (Å²) in [7, 11) is 1.90. The van der Waals surface area contributed by atoms with Crippen LogP contribution in [0.3, 0.4) is 0 Å². The normalized spacial score (nSPS) is 17.9. The van der Waals surface area contributed by atoms with Gasteiger partial charge in [0.05, 0.1) is 25.5 Å². The molecule has 7 heteroatoms. The molecule has 3 heterocycles. The minimum absolute atomic E-state index is 0.0561. The first kappa shape index (κ1) is 17.6. The van der Waals surface area contributed by atoms with Crippen LogP contribution in [0, 0.1) is 0 Å². The van der Waals surface area contributed by atoms with Gasteiger partial charge in [-0.3, -0.25) is 14.4 Å². The second-order valence-corrected chi connectivity index (χ2v) is 7.00. The number of hydrogen-bond acceptors (Lipinski definition) is 5. The molecule has 1 saturated heterocycles. The number of hydrogen-bond donors (Lipinski definition) is 1. The molecule has 1 atom stereocenters. The lowest BCUT2D eigenvalue weighted by molar-refractivity contribution is -0.119. The molecule has 0 bridgehead atoms. The van der Waals surface area contributed by atoms with Crippen molar-refractivity contribution < 1.29 is 9.53 Å². The number of carbonyl (C=O) groups is 1. The van der Waals surface area contributed by atoms with E-state index in [0.29, 0.717) is 19.0 Å². The number of aromatic nitrogens is 3. The van der Waals surface area contributed by atoms with Crippen molar-refractivity contribution in [2.24, 2.45) is 7.05 Å². The van der Waals surface area contributed by atoms with E-state index in [1.54, 1.807) is 10.9 Å². The highest BCUT2D eigenvalue weighted by molar-refractivity contribution is 5.94. The summed E-state index contributed by atoms with van der Waals surface area (Å²) in [4.78, 5) is 18.8. The Balaban J connectivity index is 1.49. The largest absolute Gasteiger partial charge is 0.376 e. The quantitative estimate of drug-likeness (QED) is 0.768. The monoisotopic (exact) mass is 365 g/mol. The highest BCUT2D eigenvalue weighted by atomic mass is 16.5. The zero-order valence-corrected chi connectivity index (χ0v) is 15.6. The Hall–Kier alpha value is -2.77. The van der Waals surface area contributed by atoms with Crippen molar-refractivity contribution in [3.63, 3.8) is 0 Å². The molecule has 0 unspecified atom stereocenters. The number of fused-ring (bicyclic) bond motifs is 1. The number of nitrogens with zero attached hydrogens (tertiary/aromatic N) is 4. The van der Waals surface area contributed by atoms with Gasteiger partial charge in [0.2, 0.25) is 5.91 Å². The van der Waals surface area contributed by atoms with Crippen molar-refractivity contribution in [2.75, 3.05) is 31.6 Å². The molecule has 7 nitrogen and oxygen atoms in total. The molecule has 0 saturated carbocycles. The number of ether oxygens (including phenoxy) is 1. The Labute approximate surface area is 157 Å². The highest BCUT2D eigenvalue weighted by Gasteiger charge is 2.19. The molecule has 1 aliphatic heterocycles. The molecular weight excluding hydrogens is 342 g/mol. The fraction of sp³-hybridized carbons (Fsp3) is 0.350. The average Bonchev–Trinajstić information content (AvgIpc) is 3.07. The summed E-state index contributed by atoms with van der Waals surface area (Å²) < 4.78 is 7.30. The first-order chi connectivity index (χ1) is 13.1. The molecule has 2 aromatic heterocycles. The third kappa shape index (κ3) is 4.15. The standard InChI is InChI=1S/C20H23N5O2/c1-14-11-25(5-6-27-14)13-20(26)23-19-8-17-7-15(3-4-16(17)9-21-19)18-10-22-24(2)12-18/h3-4,7-10,12,14H,5-6,11,13H2,1-2H3,(H,21,23,26)/t14-/m0/s1. The van der Waals surface area contributed by atoms with Gasteiger partial charge in [-0.15, -0.1) is 0 Å². The summed E-state index contributed by atoms with van der Waals surface area (Å²) >= 11 is 0. The zero-order chi connectivity index (χ0) is 18.8. The molecule has 4 rings (SSSR count). The number of morpholine rings is 1. The number of aryl methyl sites for hydroxylation is 1. The maximum absolute atomic E-state index is 12.4. The van der Waals surface area contributed by atoms with Crippen molar-refractivity contribution in [1.82, 2.24) is 19.7 Å². The topological polar surface area (TPSA) is 72.3 Å². The lowest BCUT2D eigenvalue weighted by Gasteiger charge is -2.30. The van der Waals surface area contributed by atoms with Crippen molar-refractivity contribution >= 4 is 22.5 Å². The fourth-order valence-electron chi connectivity index (χ4n) is 3.38. The van der Waals surface area contributed by atoms with Gasteiger partial charge in [0.15, 0.2) is 0 Å². The Morgan fingerprint density at radius 1 is 1.26 bits per heavy atom. The second kappa shape index (κ2) is 7.46. The molecule has 140 valence electrons. The van der Waals surface area contributed by atoms with Crippen LogP contribution in [0.1, 0.15) is 6.92 Å². The Bertz CT molecular complexity index is 968. The zero-order valence-electron chi connectivity index (χ0n) is 15.6. The first-order valence-corrected chi connectivity index (χ1v) is 9.09. The molecule has 1 aliphatic rings. The maximum Gasteiger partial charge on any atom is 0.239 e. The molecular formula is C20H23N5O2. The van der Waals surface area contributed by atoms with Crippen LogP contribution in [0.5, 0.6) is 0 Å². The van der Waals surface area contributed by atoms with E-state index < -0.39 is 0 Å². The first-order valence-electron chi connectivity index (χ1n) is 9.09. The van der Waals surface area contributed by atoms with E-state index in [2.05, 4.69) is 32.4 Å². The van der Waals surface area contributed by atoms with E-state index >= 15 is 0 Å². The number of carbonyl (C=O) groups excluding carboxylic acids is 1. The summed E-state index contributed by atoms with van der Waals surface area (Å²) in [5.74, 6) is 0.511. The minimum atomic E-state index is -0.0561. The predicted molar refractivity (Wildman–Crippen MR) is 104 cm³/mol. The van der Waals surface area contributed by atoms with E-state index in [1.165, 1.54) is 0 Å². The van der Waals surface area contributed by atoms with E-state index in [1.807, 2.05) is 38.5 Å². The Morgan fingerprint density at radius 2 is 2.15 bits per heavy atom. The molecule has 1 aromatic carbocycles. The number of nitrogens with one attached hydrogen (secondary N) is 1. The van der Waals surface area contributed by atoms with Gasteiger partial charge in [-0.05, 0) is 30.0 Å². The van der Waals surface area contributed by atoms with Crippen molar-refractivity contribution in [3.05, 3.63) is 42.9 Å². The molecule has 3 aromatic rings. The van der Waals surface area contributed by atoms with E-state index in [0.717, 1.165) is 35.0 Å². The molecule has 0 aliphatic carbocycles. The van der Waals surface area contributed by atoms with Gasteiger partial charge in [0.1, 0.15) is 5.82 Å². The van der Waals surface area contributed by atoms with Gasteiger partial charge >= 0.3 is 0 Å². The van der Waals surface area contributed by atoms with Crippen LogP contribution in [-0.2, 0) is 16.6 Å². The van der Waals surface area contributed by atoms with Gasteiger partial charge in [-0.1, -0.05) is 12.1 Å². The summed E-state index contributed by atoms with van der Waals surface area (Å²) in [6.45, 7) is 4.59. The summed E-state index contributed by atoms with van der Waals surface area (Å²) in [6, 6.07) is 8.09. The Morgan fingerprint density at radius 3 is 2.93 bits per heavy atom. The van der Waals surface area contributed by atoms with Gasteiger partial charge in [-0.2, -0.15) is 5.10 Å². The number of amides is 1. The second-order valence-electron chi connectivity index (χ2n) is 7.00. The number of benzene rings is 1. The van der Waals surface area contributed by atoms with Crippen molar-refractivity contribution in [3.8, 4) is 11.1 Å². The molecule has 0 radical (unpaired) electrons. The van der Waals surface area contributed by atoms with Crippen LogP contribution in [0.25, 0.3) is 21.9 Å². The van der Waals surface area contributed by atoms with Crippen LogP contribution in [0.2, 0.25) is 0 Å². The maximum atomic E-state index is 12.4. The third-order valence-corrected chi connectivity index (χ3v) is 4.72. The molecule has 1 N–H and O–H groups in total. The average molecular weight is 365 g/mol. The minimum Gasteiger partial charge on any atom is -0.376 e. The molecule has 1 fully saturated rings. The lowest BCUT2D eigenvalue weighted by atomic mass is 10.1. The Kier molecular flexibility index (Phi) is 4.87. The van der Waals surface area contributed by atoms with Crippen molar-refractivity contribution in [2.45, 2.75) is 13.0 Å². The SMILES string of the molecule is C[C@H]1CN(CC(=O)Nc2cc3cc(-c4cnn(C)c4)ccc3cn2)CCO1. The molecule has 1 amide bonds. The van der Waals surface area contributed by atoms with Crippen molar-refractivity contribution in [1.29, 1.82) is 0 Å². The number of pyridine rings is 1. The van der Waals surface area contributed by atoms with Crippen LogP contribution < -0.4 is 5.32 Å². The van der Waals surface area contributed by atoms with Gasteiger partial charge in [0, 0.05) is 43.5 Å². The van der Waals surface area contributed by atoms with Crippen LogP contribution in [0.15, 0.2) is 42.9 Å². The van der Waals surface area contributed by atoms with Crippen LogP contribution in [-0.4, -0.2) is 57.9 Å². The fourth-order valence-corrected chi connectivity index (χ4v) is 3.38. The van der Waals surface area contributed by atoms with Crippen LogP contribution in [0.4, 0.5) is 5.82 Å². The number of anilines is 1. The summed E-state index contributed by atoms with van der Waals surface area (Å²) in [6.07, 6.45) is 5.77. The lowest BCUT2D eigenvalue weighted by Crippen LogP contribution is -2.44. The molecule has 27 heavy (non-hydrogen) atoms. The summed E-state index contributed by atoms with van der Waals surface area (Å²) in [5.41, 5.74) is 2.14. The summed E-state index contributed by atoms with van der Waals surface area (Å²) in [5, 5.41) is 9.19. The van der Waals surface area contributed by atoms with E-state index in [4.69, 9.17) is 4.74 Å². The smallest absolute Gasteiger partial charge is 0.239 e. The van der Waals surface area contributed by atoms with E-state index in [-0.39, 0.29) is 12.0 Å². The van der Waals surface area contributed by atoms with Gasteiger partial charge in [0.25, 0.3) is 0 Å². The van der Waals surface area contributed by atoms with Crippen LogP contribution >= 0.6 is 0 Å². The third-order valence-electron chi connectivity index (χ3n) is 4.72. The predicted octanol–water partition coefficient (Wildman–Crippen LogP) is 2.29. The number of rotatable bonds is 4. The van der Waals surface area contributed by atoms with Gasteiger partial charge in [-0.25, -0.2) is 4.98 Å². The van der Waals surface area contributed by atoms with E-state index in [9.17, 15) is 4.79 Å².